The van der Waals surface area contributed by atoms with E-state index in [1.165, 1.54) is 24.8 Å². The second kappa shape index (κ2) is 5.13. The van der Waals surface area contributed by atoms with Crippen LogP contribution < -0.4 is 0 Å². The monoisotopic (exact) mass is 268 g/mol. The molecule has 0 heterocycles. The van der Waals surface area contributed by atoms with Crippen molar-refractivity contribution in [1.82, 2.24) is 0 Å². The molecule has 82 valence electrons. The van der Waals surface area contributed by atoms with Crippen molar-refractivity contribution in [1.29, 1.82) is 0 Å². The number of hydrogen-bond donors (Lipinski definition) is 1. The molecule has 2 rings (SSSR count). The third kappa shape index (κ3) is 3.96. The maximum absolute atomic E-state index is 9.84. The fourth-order valence-electron chi connectivity index (χ4n) is 1.83. The SMILES string of the molecule is OC(CCC1CC1)Cc1ccc(Br)cc1. The molecule has 1 N–H and O–H groups in total. The summed E-state index contributed by atoms with van der Waals surface area (Å²) >= 11 is 3.41. The van der Waals surface area contributed by atoms with E-state index < -0.39 is 0 Å². The van der Waals surface area contributed by atoms with E-state index in [0.29, 0.717) is 0 Å². The Balaban J connectivity index is 1.76. The van der Waals surface area contributed by atoms with E-state index in [1.807, 2.05) is 12.1 Å². The maximum atomic E-state index is 9.84. The lowest BCUT2D eigenvalue weighted by atomic mass is 10.0. The highest BCUT2D eigenvalue weighted by Gasteiger charge is 2.21. The average Bonchev–Trinajstić information content (AvgIpc) is 3.02. The first-order valence-electron chi connectivity index (χ1n) is 5.66. The fraction of sp³-hybridized carbons (Fsp3) is 0.538. The zero-order chi connectivity index (χ0) is 10.7. The van der Waals surface area contributed by atoms with Gasteiger partial charge in [-0.15, -0.1) is 0 Å². The quantitative estimate of drug-likeness (QED) is 0.866. The normalized spacial score (nSPS) is 17.7. The summed E-state index contributed by atoms with van der Waals surface area (Å²) in [6.45, 7) is 0. The molecule has 1 unspecified atom stereocenters. The molecule has 0 bridgehead atoms. The molecule has 1 aliphatic rings. The Morgan fingerprint density at radius 1 is 1.27 bits per heavy atom. The Labute approximate surface area is 99.6 Å². The molecule has 0 amide bonds. The molecule has 0 saturated heterocycles. The second-order valence-corrected chi connectivity index (χ2v) is 5.42. The van der Waals surface area contributed by atoms with Gasteiger partial charge in [-0.1, -0.05) is 40.9 Å². The number of rotatable bonds is 5. The van der Waals surface area contributed by atoms with Gasteiger partial charge >= 0.3 is 0 Å². The standard InChI is InChI=1S/C13H17BrO/c14-12-6-3-11(4-7-12)9-13(15)8-5-10-1-2-10/h3-4,6-7,10,13,15H,1-2,5,8-9H2. The summed E-state index contributed by atoms with van der Waals surface area (Å²) in [5.74, 6) is 0.921. The lowest BCUT2D eigenvalue weighted by Crippen LogP contribution is -2.10. The Morgan fingerprint density at radius 2 is 1.93 bits per heavy atom. The van der Waals surface area contributed by atoms with Crippen LogP contribution in [-0.4, -0.2) is 11.2 Å². The summed E-state index contributed by atoms with van der Waals surface area (Å²) in [5, 5.41) is 9.84. The van der Waals surface area contributed by atoms with Gasteiger partial charge in [0.1, 0.15) is 0 Å². The molecule has 0 spiro atoms. The van der Waals surface area contributed by atoms with Gasteiger partial charge in [-0.25, -0.2) is 0 Å². The van der Waals surface area contributed by atoms with Gasteiger partial charge < -0.3 is 5.11 Å². The highest BCUT2D eigenvalue weighted by molar-refractivity contribution is 9.10. The van der Waals surface area contributed by atoms with Crippen LogP contribution >= 0.6 is 15.9 Å². The number of benzene rings is 1. The Bertz CT molecular complexity index is 303. The first kappa shape index (κ1) is 11.2. The first-order chi connectivity index (χ1) is 7.24. The summed E-state index contributed by atoms with van der Waals surface area (Å²) in [5.41, 5.74) is 1.22. The van der Waals surface area contributed by atoms with E-state index in [4.69, 9.17) is 0 Å². The zero-order valence-electron chi connectivity index (χ0n) is 8.82. The molecule has 0 aliphatic heterocycles. The minimum atomic E-state index is -0.160. The Morgan fingerprint density at radius 3 is 2.53 bits per heavy atom. The largest absolute Gasteiger partial charge is 0.393 e. The highest BCUT2D eigenvalue weighted by atomic mass is 79.9. The van der Waals surface area contributed by atoms with Crippen molar-refractivity contribution in [2.45, 2.75) is 38.2 Å². The lowest BCUT2D eigenvalue weighted by molar-refractivity contribution is 0.160. The first-order valence-corrected chi connectivity index (χ1v) is 6.46. The maximum Gasteiger partial charge on any atom is 0.0580 e. The zero-order valence-corrected chi connectivity index (χ0v) is 10.4. The van der Waals surface area contributed by atoms with Crippen molar-refractivity contribution >= 4 is 15.9 Å². The molecule has 0 aromatic heterocycles. The number of aliphatic hydroxyl groups excluding tert-OH is 1. The molecule has 2 heteroatoms. The molecule has 1 nitrogen and oxygen atoms in total. The van der Waals surface area contributed by atoms with Crippen molar-refractivity contribution in [3.05, 3.63) is 34.3 Å². The number of halogens is 1. The van der Waals surface area contributed by atoms with Gasteiger partial charge in [0.2, 0.25) is 0 Å². The Hall–Kier alpha value is -0.340. The van der Waals surface area contributed by atoms with Crippen LogP contribution in [0.3, 0.4) is 0 Å². The molecule has 1 aliphatic carbocycles. The van der Waals surface area contributed by atoms with Crippen LogP contribution in [0.25, 0.3) is 0 Å². The van der Waals surface area contributed by atoms with E-state index in [0.717, 1.165) is 23.2 Å². The van der Waals surface area contributed by atoms with E-state index >= 15 is 0 Å². The lowest BCUT2D eigenvalue weighted by Gasteiger charge is -2.10. The molecule has 1 saturated carbocycles. The van der Waals surface area contributed by atoms with E-state index in [2.05, 4.69) is 28.1 Å². The van der Waals surface area contributed by atoms with Gasteiger partial charge in [0.25, 0.3) is 0 Å². The predicted octanol–water partition coefficient (Wildman–Crippen LogP) is 3.54. The van der Waals surface area contributed by atoms with Crippen LogP contribution in [0, 0.1) is 5.92 Å². The summed E-state index contributed by atoms with van der Waals surface area (Å²) in [6, 6.07) is 8.21. The second-order valence-electron chi connectivity index (χ2n) is 4.51. The molecular formula is C13H17BrO. The van der Waals surface area contributed by atoms with Gasteiger partial charge in [0, 0.05) is 4.47 Å². The van der Waals surface area contributed by atoms with Crippen LogP contribution in [0.2, 0.25) is 0 Å². The molecule has 1 aromatic rings. The highest BCUT2D eigenvalue weighted by Crippen LogP contribution is 2.34. The molecule has 1 aromatic carbocycles. The summed E-state index contributed by atoms with van der Waals surface area (Å²) in [4.78, 5) is 0. The van der Waals surface area contributed by atoms with Crippen LogP contribution in [0.4, 0.5) is 0 Å². The van der Waals surface area contributed by atoms with E-state index in [1.54, 1.807) is 0 Å². The molecule has 1 atom stereocenters. The van der Waals surface area contributed by atoms with E-state index in [-0.39, 0.29) is 6.10 Å². The van der Waals surface area contributed by atoms with Crippen molar-refractivity contribution in [2.24, 2.45) is 5.92 Å². The topological polar surface area (TPSA) is 20.2 Å². The predicted molar refractivity (Wildman–Crippen MR) is 65.8 cm³/mol. The third-order valence-corrected chi connectivity index (χ3v) is 3.52. The van der Waals surface area contributed by atoms with Gasteiger partial charge in [-0.3, -0.25) is 0 Å². The van der Waals surface area contributed by atoms with Gasteiger partial charge in [0.15, 0.2) is 0 Å². The molecule has 15 heavy (non-hydrogen) atoms. The van der Waals surface area contributed by atoms with Crippen LogP contribution in [-0.2, 0) is 6.42 Å². The van der Waals surface area contributed by atoms with Crippen LogP contribution in [0.5, 0.6) is 0 Å². The Kier molecular flexibility index (Phi) is 3.81. The van der Waals surface area contributed by atoms with Crippen LogP contribution in [0.1, 0.15) is 31.2 Å². The molecule has 1 fully saturated rings. The van der Waals surface area contributed by atoms with Crippen molar-refractivity contribution in [3.63, 3.8) is 0 Å². The van der Waals surface area contributed by atoms with E-state index in [9.17, 15) is 5.11 Å². The van der Waals surface area contributed by atoms with Crippen LogP contribution in [0.15, 0.2) is 28.7 Å². The van der Waals surface area contributed by atoms with Gasteiger partial charge in [-0.05, 0) is 42.9 Å². The summed E-state index contributed by atoms with van der Waals surface area (Å²) < 4.78 is 1.10. The number of hydrogen-bond acceptors (Lipinski definition) is 1. The third-order valence-electron chi connectivity index (χ3n) is 2.99. The van der Waals surface area contributed by atoms with Gasteiger partial charge in [-0.2, -0.15) is 0 Å². The smallest absolute Gasteiger partial charge is 0.0580 e. The summed E-state index contributed by atoms with van der Waals surface area (Å²) in [7, 11) is 0. The number of aliphatic hydroxyl groups is 1. The van der Waals surface area contributed by atoms with Crippen molar-refractivity contribution in [2.75, 3.05) is 0 Å². The average molecular weight is 269 g/mol. The van der Waals surface area contributed by atoms with Crippen molar-refractivity contribution < 1.29 is 5.11 Å². The minimum absolute atomic E-state index is 0.160. The minimum Gasteiger partial charge on any atom is -0.393 e. The fourth-order valence-corrected chi connectivity index (χ4v) is 2.09. The summed E-state index contributed by atoms with van der Waals surface area (Å²) in [6.07, 6.45) is 5.56. The molecule has 0 radical (unpaired) electrons. The van der Waals surface area contributed by atoms with Crippen molar-refractivity contribution in [3.8, 4) is 0 Å². The van der Waals surface area contributed by atoms with Gasteiger partial charge in [0.05, 0.1) is 6.10 Å². The molecular weight excluding hydrogens is 252 g/mol.